The van der Waals surface area contributed by atoms with E-state index in [1.54, 1.807) is 11.3 Å². The van der Waals surface area contributed by atoms with Gasteiger partial charge in [-0.2, -0.15) is 0 Å². The number of morpholine rings is 1. The summed E-state index contributed by atoms with van der Waals surface area (Å²) in [7, 11) is 0. The van der Waals surface area contributed by atoms with Gasteiger partial charge in [0, 0.05) is 25.0 Å². The molecule has 118 valence electrons. The molecule has 0 unspecified atom stereocenters. The first-order valence-electron chi connectivity index (χ1n) is 7.63. The Bertz CT molecular complexity index is 442. The Labute approximate surface area is 130 Å². The second kappa shape index (κ2) is 8.46. The summed E-state index contributed by atoms with van der Waals surface area (Å²) in [4.78, 5) is 18.7. The van der Waals surface area contributed by atoms with Crippen molar-refractivity contribution in [1.29, 1.82) is 0 Å². The van der Waals surface area contributed by atoms with Gasteiger partial charge in [0.05, 0.1) is 31.9 Å². The zero-order chi connectivity index (χ0) is 15.1. The molecule has 1 aromatic rings. The van der Waals surface area contributed by atoms with Crippen LogP contribution in [0.1, 0.15) is 31.0 Å². The largest absolute Gasteiger partial charge is 0.379 e. The van der Waals surface area contributed by atoms with Crippen LogP contribution in [0.3, 0.4) is 0 Å². The van der Waals surface area contributed by atoms with Crippen LogP contribution in [0.2, 0.25) is 0 Å². The van der Waals surface area contributed by atoms with Crippen molar-refractivity contribution in [3.05, 3.63) is 16.1 Å². The summed E-state index contributed by atoms with van der Waals surface area (Å²) in [5, 5.41) is 6.03. The summed E-state index contributed by atoms with van der Waals surface area (Å²) >= 11 is 1.64. The Balaban J connectivity index is 1.73. The summed E-state index contributed by atoms with van der Waals surface area (Å²) < 4.78 is 5.34. The molecule has 1 N–H and O–H groups in total. The number of thiazole rings is 1. The molecule has 2 heterocycles. The number of nitrogens with zero attached hydrogens (tertiary/aromatic N) is 2. The average Bonchev–Trinajstić information content (AvgIpc) is 2.86. The van der Waals surface area contributed by atoms with E-state index >= 15 is 0 Å². The molecule has 1 aliphatic heterocycles. The molecule has 1 aliphatic rings. The summed E-state index contributed by atoms with van der Waals surface area (Å²) in [6, 6.07) is 0. The van der Waals surface area contributed by atoms with Gasteiger partial charge >= 0.3 is 0 Å². The molecule has 0 aromatic carbocycles. The van der Waals surface area contributed by atoms with Gasteiger partial charge in [-0.3, -0.25) is 9.69 Å². The van der Waals surface area contributed by atoms with E-state index in [0.717, 1.165) is 56.5 Å². The highest BCUT2D eigenvalue weighted by molar-refractivity contribution is 7.09. The summed E-state index contributed by atoms with van der Waals surface area (Å²) in [6.07, 6.45) is 1.41. The Morgan fingerprint density at radius 3 is 2.95 bits per heavy atom. The maximum Gasteiger partial charge on any atom is 0.226 e. The first-order valence-corrected chi connectivity index (χ1v) is 8.51. The van der Waals surface area contributed by atoms with E-state index in [-0.39, 0.29) is 5.91 Å². The van der Waals surface area contributed by atoms with E-state index in [1.165, 1.54) is 0 Å². The molecule has 0 spiro atoms. The fourth-order valence-corrected chi connectivity index (χ4v) is 3.02. The Morgan fingerprint density at radius 1 is 1.48 bits per heavy atom. The molecular formula is C15H25N3O2S. The van der Waals surface area contributed by atoms with Crippen LogP contribution in [0, 0.1) is 5.92 Å². The quantitative estimate of drug-likeness (QED) is 0.832. The monoisotopic (exact) mass is 311 g/mol. The maximum atomic E-state index is 11.8. The molecule has 0 radical (unpaired) electrons. The van der Waals surface area contributed by atoms with E-state index in [2.05, 4.69) is 29.0 Å². The fraction of sp³-hybridized carbons (Fsp3) is 0.733. The van der Waals surface area contributed by atoms with Crippen molar-refractivity contribution in [3.63, 3.8) is 0 Å². The molecule has 0 aliphatic carbocycles. The van der Waals surface area contributed by atoms with Gasteiger partial charge in [0.1, 0.15) is 5.01 Å². The number of hydrogen-bond acceptors (Lipinski definition) is 5. The smallest absolute Gasteiger partial charge is 0.226 e. The molecule has 0 saturated carbocycles. The number of carbonyl (C=O) groups excluding carboxylic acids is 1. The Morgan fingerprint density at radius 2 is 2.24 bits per heavy atom. The predicted octanol–water partition coefficient (Wildman–Crippen LogP) is 1.68. The van der Waals surface area contributed by atoms with Crippen LogP contribution in [0.15, 0.2) is 5.38 Å². The van der Waals surface area contributed by atoms with Gasteiger partial charge in [-0.05, 0) is 12.3 Å². The third kappa shape index (κ3) is 6.11. The third-order valence-electron chi connectivity index (χ3n) is 3.45. The minimum Gasteiger partial charge on any atom is -0.379 e. The molecule has 5 nitrogen and oxygen atoms in total. The van der Waals surface area contributed by atoms with Gasteiger partial charge in [0.15, 0.2) is 0 Å². The summed E-state index contributed by atoms with van der Waals surface area (Å²) in [5.41, 5.74) is 0.880. The molecule has 21 heavy (non-hydrogen) atoms. The van der Waals surface area contributed by atoms with Crippen molar-refractivity contribution in [1.82, 2.24) is 15.2 Å². The van der Waals surface area contributed by atoms with Crippen molar-refractivity contribution < 1.29 is 9.53 Å². The fourth-order valence-electron chi connectivity index (χ4n) is 2.18. The van der Waals surface area contributed by atoms with Gasteiger partial charge in [-0.15, -0.1) is 11.3 Å². The number of hydrogen-bond donors (Lipinski definition) is 1. The molecule has 0 atom stereocenters. The van der Waals surface area contributed by atoms with Gasteiger partial charge < -0.3 is 10.1 Å². The summed E-state index contributed by atoms with van der Waals surface area (Å²) in [5.74, 6) is 0.684. The van der Waals surface area contributed by atoms with Crippen molar-refractivity contribution in [2.24, 2.45) is 5.92 Å². The van der Waals surface area contributed by atoms with Gasteiger partial charge in [-0.25, -0.2) is 4.98 Å². The molecule has 0 bridgehead atoms. The van der Waals surface area contributed by atoms with Crippen LogP contribution < -0.4 is 5.32 Å². The highest BCUT2D eigenvalue weighted by Gasteiger charge is 2.13. The SMILES string of the molecule is CC(C)CCNC(=O)Cc1csc(CN2CCOCC2)n1. The first-order chi connectivity index (χ1) is 10.1. The third-order valence-corrected chi connectivity index (χ3v) is 4.33. The standard InChI is InChI=1S/C15H25N3O2S/c1-12(2)3-4-16-14(19)9-13-11-21-15(17-13)10-18-5-7-20-8-6-18/h11-12H,3-10H2,1-2H3,(H,16,19). The molecule has 6 heteroatoms. The van der Waals surface area contributed by atoms with Gasteiger partial charge in [0.25, 0.3) is 0 Å². The second-order valence-electron chi connectivity index (χ2n) is 5.83. The molecule has 1 fully saturated rings. The Hall–Kier alpha value is -0.980. The molecule has 1 saturated heterocycles. The number of ether oxygens (including phenoxy) is 1. The number of carbonyl (C=O) groups is 1. The lowest BCUT2D eigenvalue weighted by Crippen LogP contribution is -2.35. The zero-order valence-corrected chi connectivity index (χ0v) is 13.7. The van der Waals surface area contributed by atoms with Crippen LogP contribution in [0.25, 0.3) is 0 Å². The van der Waals surface area contributed by atoms with Crippen molar-refractivity contribution in [2.45, 2.75) is 33.2 Å². The highest BCUT2D eigenvalue weighted by Crippen LogP contribution is 2.13. The van der Waals surface area contributed by atoms with E-state index in [1.807, 2.05) is 5.38 Å². The van der Waals surface area contributed by atoms with Gasteiger partial charge in [-0.1, -0.05) is 13.8 Å². The normalized spacial score (nSPS) is 16.3. The van der Waals surface area contributed by atoms with Crippen molar-refractivity contribution in [3.8, 4) is 0 Å². The second-order valence-corrected chi connectivity index (χ2v) is 6.77. The van der Waals surface area contributed by atoms with Crippen LogP contribution in [0.4, 0.5) is 0 Å². The van der Waals surface area contributed by atoms with Crippen LogP contribution >= 0.6 is 11.3 Å². The van der Waals surface area contributed by atoms with Crippen LogP contribution in [-0.4, -0.2) is 48.6 Å². The van der Waals surface area contributed by atoms with Crippen LogP contribution in [-0.2, 0) is 22.5 Å². The Kier molecular flexibility index (Phi) is 6.60. The summed E-state index contributed by atoms with van der Waals surface area (Å²) in [6.45, 7) is 9.46. The van der Waals surface area contributed by atoms with E-state index in [9.17, 15) is 4.79 Å². The number of amides is 1. The predicted molar refractivity (Wildman–Crippen MR) is 84.4 cm³/mol. The highest BCUT2D eigenvalue weighted by atomic mass is 32.1. The molecule has 1 aromatic heterocycles. The molecule has 1 amide bonds. The molecule has 2 rings (SSSR count). The lowest BCUT2D eigenvalue weighted by Gasteiger charge is -2.25. The van der Waals surface area contributed by atoms with Crippen molar-refractivity contribution >= 4 is 17.2 Å². The number of rotatable bonds is 7. The zero-order valence-electron chi connectivity index (χ0n) is 12.9. The van der Waals surface area contributed by atoms with E-state index < -0.39 is 0 Å². The lowest BCUT2D eigenvalue weighted by atomic mass is 10.1. The van der Waals surface area contributed by atoms with Crippen LogP contribution in [0.5, 0.6) is 0 Å². The minimum atomic E-state index is 0.0684. The van der Waals surface area contributed by atoms with Crippen molar-refractivity contribution in [2.75, 3.05) is 32.8 Å². The van der Waals surface area contributed by atoms with E-state index in [4.69, 9.17) is 4.74 Å². The van der Waals surface area contributed by atoms with Gasteiger partial charge in [0.2, 0.25) is 5.91 Å². The topological polar surface area (TPSA) is 54.5 Å². The minimum absolute atomic E-state index is 0.0684. The maximum absolute atomic E-state index is 11.8. The average molecular weight is 311 g/mol. The number of aromatic nitrogens is 1. The molecular weight excluding hydrogens is 286 g/mol. The number of nitrogens with one attached hydrogen (secondary N) is 1. The first kappa shape index (κ1) is 16.4. The lowest BCUT2D eigenvalue weighted by molar-refractivity contribution is -0.120. The van der Waals surface area contributed by atoms with E-state index in [0.29, 0.717) is 12.3 Å².